The first-order valence-electron chi connectivity index (χ1n) is 12.1. The van der Waals surface area contributed by atoms with Gasteiger partial charge in [0.25, 0.3) is 0 Å². The highest BCUT2D eigenvalue weighted by atomic mass is 19.4. The maximum Gasteiger partial charge on any atom is 0.497 e. The van der Waals surface area contributed by atoms with Crippen molar-refractivity contribution in [3.8, 4) is 0 Å². The number of rotatable bonds is 4. The van der Waals surface area contributed by atoms with Gasteiger partial charge in [0.05, 0.1) is 34.0 Å². The number of nitrogens with zero attached hydrogens (tertiary/aromatic N) is 4. The Morgan fingerprint density at radius 1 is 1.03 bits per heavy atom. The third-order valence-corrected chi connectivity index (χ3v) is 7.40. The zero-order chi connectivity index (χ0) is 26.9. The summed E-state index contributed by atoms with van der Waals surface area (Å²) in [5.74, 6) is 1.04. The van der Waals surface area contributed by atoms with Gasteiger partial charge in [-0.1, -0.05) is 12.1 Å². The molecule has 1 N–H and O–H groups in total. The number of benzene rings is 2. The van der Waals surface area contributed by atoms with E-state index < -0.39 is 36.1 Å². The molecule has 0 amide bonds. The number of fused-ring (bicyclic) bond motifs is 3. The predicted octanol–water partition coefficient (Wildman–Crippen LogP) is 5.32. The molecule has 0 saturated carbocycles. The van der Waals surface area contributed by atoms with E-state index in [2.05, 4.69) is 15.4 Å². The minimum atomic E-state index is -4.42. The Hall–Kier alpha value is -3.18. The van der Waals surface area contributed by atoms with Gasteiger partial charge in [-0.25, -0.2) is 9.97 Å². The fourth-order valence-corrected chi connectivity index (χ4v) is 4.63. The fraction of sp³-hybridized carbons (Fsp3) is 0.423. The topological polar surface area (TPSA) is 74.1 Å². The first-order valence-corrected chi connectivity index (χ1v) is 12.1. The summed E-state index contributed by atoms with van der Waals surface area (Å²) < 4.78 is 54.4. The largest absolute Gasteiger partial charge is 0.497 e. The van der Waals surface area contributed by atoms with Crippen molar-refractivity contribution in [2.24, 2.45) is 7.05 Å². The molecule has 1 unspecified atom stereocenters. The molecular weight excluding hydrogens is 482 g/mol. The molecule has 11 heteroatoms. The van der Waals surface area contributed by atoms with Crippen LogP contribution in [0.2, 0.25) is 0 Å². The van der Waals surface area contributed by atoms with Crippen LogP contribution in [0.15, 0.2) is 36.5 Å². The maximum absolute atomic E-state index is 13.3. The second kappa shape index (κ2) is 8.42. The second-order valence-electron chi connectivity index (χ2n) is 10.6. The molecule has 0 radical (unpaired) electrons. The minimum absolute atomic E-state index is 0.454. The van der Waals surface area contributed by atoms with E-state index in [0.717, 1.165) is 28.5 Å². The third-order valence-electron chi connectivity index (χ3n) is 7.40. The lowest BCUT2D eigenvalue weighted by molar-refractivity contribution is -0.137. The van der Waals surface area contributed by atoms with Crippen molar-refractivity contribution >= 4 is 40.2 Å². The van der Waals surface area contributed by atoms with Crippen LogP contribution in [0.1, 0.15) is 57.6 Å². The summed E-state index contributed by atoms with van der Waals surface area (Å²) in [4.78, 5) is 9.32. The van der Waals surface area contributed by atoms with E-state index in [1.807, 2.05) is 40.8 Å². The van der Waals surface area contributed by atoms with Crippen LogP contribution in [-0.4, -0.2) is 38.1 Å². The van der Waals surface area contributed by atoms with Crippen LogP contribution in [0.4, 0.5) is 19.0 Å². The van der Waals surface area contributed by atoms with Crippen molar-refractivity contribution in [3.63, 3.8) is 0 Å². The van der Waals surface area contributed by atoms with E-state index in [4.69, 9.17) is 14.3 Å². The molecule has 7 nitrogen and oxygen atoms in total. The molecule has 0 aliphatic carbocycles. The van der Waals surface area contributed by atoms with Crippen LogP contribution in [0.25, 0.3) is 21.8 Å². The van der Waals surface area contributed by atoms with Crippen LogP contribution in [0, 0.1) is 6.92 Å². The zero-order valence-corrected chi connectivity index (χ0v) is 21.9. The average Bonchev–Trinajstić information content (AvgIpc) is 3.29. The second-order valence-corrected chi connectivity index (χ2v) is 10.6. The SMILES string of the molecule is Cc1nc(NC(C)c2cccc(C(F)(F)F)c2)c2cc(B3OC(C)(C)C(C)(C)O3)c3c(cnn3C)c2n1. The number of aryl methyl sites for hydroxylation is 2. The molecule has 5 rings (SSSR count). The Labute approximate surface area is 213 Å². The molecule has 194 valence electrons. The normalized spacial score (nSPS) is 18.1. The molecule has 2 aromatic heterocycles. The number of hydrogen-bond donors (Lipinski definition) is 1. The van der Waals surface area contributed by atoms with Crippen LogP contribution in [0.3, 0.4) is 0 Å². The van der Waals surface area contributed by atoms with Crippen LogP contribution >= 0.6 is 0 Å². The maximum atomic E-state index is 13.3. The van der Waals surface area contributed by atoms with Gasteiger partial charge in [-0.3, -0.25) is 4.68 Å². The number of alkyl halides is 3. The standard InChI is InChI=1S/C26H29BF3N5O2/c1-14(16-9-8-10-17(11-16)26(28,29)30)32-23-18-12-20(27-36-24(3,4)25(5,6)37-27)22-19(13-31-35(22)7)21(18)33-15(2)34-23/h8-14H,1-7H3,(H,32,33,34). The van der Waals surface area contributed by atoms with E-state index in [0.29, 0.717) is 28.1 Å². The number of halogens is 3. The molecule has 1 fully saturated rings. The van der Waals surface area contributed by atoms with Gasteiger partial charge in [-0.15, -0.1) is 0 Å². The van der Waals surface area contributed by atoms with Gasteiger partial charge in [-0.05, 0) is 65.3 Å². The molecule has 37 heavy (non-hydrogen) atoms. The predicted molar refractivity (Wildman–Crippen MR) is 138 cm³/mol. The third kappa shape index (κ3) is 4.33. The zero-order valence-electron chi connectivity index (χ0n) is 21.9. The summed E-state index contributed by atoms with van der Waals surface area (Å²) in [6.45, 7) is 11.5. The summed E-state index contributed by atoms with van der Waals surface area (Å²) in [7, 11) is 1.20. The minimum Gasteiger partial charge on any atom is -0.399 e. The summed E-state index contributed by atoms with van der Waals surface area (Å²) in [6, 6.07) is 6.78. The number of hydrogen-bond acceptors (Lipinski definition) is 6. The summed E-state index contributed by atoms with van der Waals surface area (Å²) in [5.41, 5.74) is 1.02. The number of nitrogens with one attached hydrogen (secondary N) is 1. The van der Waals surface area contributed by atoms with Gasteiger partial charge in [0, 0.05) is 29.3 Å². The van der Waals surface area contributed by atoms with Gasteiger partial charge in [0.2, 0.25) is 0 Å². The highest BCUT2D eigenvalue weighted by molar-refractivity contribution is 6.65. The summed E-state index contributed by atoms with van der Waals surface area (Å²) >= 11 is 0. The molecule has 2 aromatic carbocycles. The van der Waals surface area contributed by atoms with Crippen molar-refractivity contribution in [1.82, 2.24) is 19.7 Å². The molecule has 0 bridgehead atoms. The molecule has 3 heterocycles. The smallest absolute Gasteiger partial charge is 0.399 e. The summed E-state index contributed by atoms with van der Waals surface area (Å²) in [6.07, 6.45) is -2.67. The molecule has 4 aromatic rings. The Kier molecular flexibility index (Phi) is 5.80. The van der Waals surface area contributed by atoms with Crippen molar-refractivity contribution in [2.45, 2.75) is 65.0 Å². The van der Waals surface area contributed by atoms with Gasteiger partial charge < -0.3 is 14.6 Å². The molecule has 1 aliphatic rings. The van der Waals surface area contributed by atoms with Crippen molar-refractivity contribution in [2.75, 3.05) is 5.32 Å². The first-order chi connectivity index (χ1) is 17.2. The fourth-order valence-electron chi connectivity index (χ4n) is 4.63. The molecule has 1 atom stereocenters. The average molecular weight is 511 g/mol. The Bertz CT molecular complexity index is 1500. The van der Waals surface area contributed by atoms with Crippen molar-refractivity contribution in [1.29, 1.82) is 0 Å². The molecule has 1 aliphatic heterocycles. The molecular formula is C26H29BF3N5O2. The number of anilines is 1. The summed E-state index contributed by atoms with van der Waals surface area (Å²) in [5, 5.41) is 9.30. The first kappa shape index (κ1) is 25.5. The van der Waals surface area contributed by atoms with Gasteiger partial charge >= 0.3 is 13.3 Å². The van der Waals surface area contributed by atoms with E-state index in [9.17, 15) is 13.2 Å². The van der Waals surface area contributed by atoms with E-state index in [1.54, 1.807) is 30.8 Å². The molecule has 1 saturated heterocycles. The van der Waals surface area contributed by atoms with E-state index in [-0.39, 0.29) is 0 Å². The van der Waals surface area contributed by atoms with Crippen LogP contribution in [0.5, 0.6) is 0 Å². The number of aromatic nitrogens is 4. The quantitative estimate of drug-likeness (QED) is 0.374. The lowest BCUT2D eigenvalue weighted by atomic mass is 9.77. The Balaban J connectivity index is 1.64. The molecule has 0 spiro atoms. The van der Waals surface area contributed by atoms with E-state index in [1.165, 1.54) is 6.07 Å². The van der Waals surface area contributed by atoms with Crippen molar-refractivity contribution < 1.29 is 22.5 Å². The monoisotopic (exact) mass is 511 g/mol. The highest BCUT2D eigenvalue weighted by Gasteiger charge is 2.52. The van der Waals surface area contributed by atoms with E-state index >= 15 is 0 Å². The lowest BCUT2D eigenvalue weighted by Gasteiger charge is -2.32. The van der Waals surface area contributed by atoms with Gasteiger partial charge in [0.1, 0.15) is 11.6 Å². The Morgan fingerprint density at radius 3 is 2.35 bits per heavy atom. The van der Waals surface area contributed by atoms with Gasteiger partial charge in [0.15, 0.2) is 0 Å². The lowest BCUT2D eigenvalue weighted by Crippen LogP contribution is -2.41. The highest BCUT2D eigenvalue weighted by Crippen LogP contribution is 2.38. The van der Waals surface area contributed by atoms with Crippen molar-refractivity contribution in [3.05, 3.63) is 53.5 Å². The van der Waals surface area contributed by atoms with Gasteiger partial charge in [-0.2, -0.15) is 18.3 Å². The van der Waals surface area contributed by atoms with Crippen LogP contribution < -0.4 is 10.8 Å². The van der Waals surface area contributed by atoms with Crippen LogP contribution in [-0.2, 0) is 22.5 Å². The Morgan fingerprint density at radius 2 is 1.70 bits per heavy atom.